The molecule has 0 unspecified atom stereocenters. The second kappa shape index (κ2) is 4.26. The molecule has 6 nitrogen and oxygen atoms in total. The number of imidazole rings is 1. The minimum absolute atomic E-state index is 0.216. The Bertz CT molecular complexity index is 708. The number of nitrogens with two attached hydrogens (primary N) is 1. The van der Waals surface area contributed by atoms with Gasteiger partial charge < -0.3 is 0 Å². The topological polar surface area (TPSA) is 90.4 Å². The van der Waals surface area contributed by atoms with Crippen molar-refractivity contribution in [1.29, 1.82) is 0 Å². The third-order valence-electron chi connectivity index (χ3n) is 1.92. The standard InChI is InChI=1S/C8H6Cl2N4O2S/c9-4-3-5-1-2-6-12-7(10)8(14(6)13-5)17(11,15)16/h1-4H,(H2,11,15,16). The van der Waals surface area contributed by atoms with E-state index in [9.17, 15) is 8.42 Å². The summed E-state index contributed by atoms with van der Waals surface area (Å²) in [4.78, 5) is 3.83. The molecule has 0 atom stereocenters. The van der Waals surface area contributed by atoms with E-state index in [2.05, 4.69) is 10.1 Å². The Kier molecular flexibility index (Phi) is 3.09. The van der Waals surface area contributed by atoms with E-state index >= 15 is 0 Å². The molecule has 2 heterocycles. The van der Waals surface area contributed by atoms with Crippen molar-refractivity contribution in [3.63, 3.8) is 0 Å². The first-order valence-electron chi connectivity index (χ1n) is 4.28. The van der Waals surface area contributed by atoms with Crippen LogP contribution in [-0.2, 0) is 10.0 Å². The van der Waals surface area contributed by atoms with Crippen molar-refractivity contribution in [3.05, 3.63) is 28.5 Å². The molecule has 0 spiro atoms. The van der Waals surface area contributed by atoms with Crippen LogP contribution in [0.4, 0.5) is 0 Å². The average Bonchev–Trinajstić information content (AvgIpc) is 2.53. The Hall–Kier alpha value is -1.15. The van der Waals surface area contributed by atoms with Crippen molar-refractivity contribution < 1.29 is 8.42 Å². The van der Waals surface area contributed by atoms with Crippen LogP contribution in [0.5, 0.6) is 0 Å². The van der Waals surface area contributed by atoms with Gasteiger partial charge in [0.15, 0.2) is 10.8 Å². The van der Waals surface area contributed by atoms with Crippen molar-refractivity contribution >= 4 is 44.9 Å². The lowest BCUT2D eigenvalue weighted by Crippen LogP contribution is -2.16. The molecule has 2 N–H and O–H groups in total. The van der Waals surface area contributed by atoms with Crippen LogP contribution < -0.4 is 5.14 Å². The molecule has 0 radical (unpaired) electrons. The fraction of sp³-hybridized carbons (Fsp3) is 0. The SMILES string of the molecule is NS(=O)(=O)c1c(Cl)nc2ccc(C=CCl)nn12. The van der Waals surface area contributed by atoms with Crippen LogP contribution in [0.2, 0.25) is 5.15 Å². The molecule has 0 saturated heterocycles. The molecule has 2 aromatic rings. The number of halogens is 2. The van der Waals surface area contributed by atoms with Crippen molar-refractivity contribution in [2.75, 3.05) is 0 Å². The first-order valence-corrected chi connectivity index (χ1v) is 6.64. The van der Waals surface area contributed by atoms with Crippen molar-refractivity contribution in [3.8, 4) is 0 Å². The maximum absolute atomic E-state index is 11.3. The molecule has 0 saturated carbocycles. The van der Waals surface area contributed by atoms with Gasteiger partial charge in [-0.25, -0.2) is 18.5 Å². The highest BCUT2D eigenvalue weighted by molar-refractivity contribution is 7.89. The number of aromatic nitrogens is 3. The van der Waals surface area contributed by atoms with E-state index in [1.54, 1.807) is 12.1 Å². The molecule has 17 heavy (non-hydrogen) atoms. The molecular formula is C8H6Cl2N4O2S. The fourth-order valence-corrected chi connectivity index (χ4v) is 2.57. The van der Waals surface area contributed by atoms with Crippen LogP contribution in [0, 0.1) is 0 Å². The Morgan fingerprint density at radius 2 is 2.12 bits per heavy atom. The first kappa shape index (κ1) is 12.3. The summed E-state index contributed by atoms with van der Waals surface area (Å²) in [7, 11) is -4.00. The predicted molar refractivity (Wildman–Crippen MR) is 64.3 cm³/mol. The lowest BCUT2D eigenvalue weighted by Gasteiger charge is -1.99. The van der Waals surface area contributed by atoms with Gasteiger partial charge in [0.25, 0.3) is 10.0 Å². The summed E-state index contributed by atoms with van der Waals surface area (Å²) >= 11 is 11.1. The van der Waals surface area contributed by atoms with Gasteiger partial charge in [0.05, 0.1) is 5.69 Å². The van der Waals surface area contributed by atoms with E-state index in [-0.39, 0.29) is 15.8 Å². The lowest BCUT2D eigenvalue weighted by atomic mass is 10.4. The number of rotatable bonds is 2. The second-order valence-electron chi connectivity index (χ2n) is 3.07. The molecule has 90 valence electrons. The van der Waals surface area contributed by atoms with Gasteiger partial charge in [-0.1, -0.05) is 23.2 Å². The summed E-state index contributed by atoms with van der Waals surface area (Å²) in [6.45, 7) is 0. The number of nitrogens with zero attached hydrogens (tertiary/aromatic N) is 3. The molecule has 0 aliphatic rings. The largest absolute Gasteiger partial charge is 0.258 e. The molecule has 0 amide bonds. The van der Waals surface area contributed by atoms with Crippen molar-refractivity contribution in [1.82, 2.24) is 14.6 Å². The van der Waals surface area contributed by atoms with E-state index in [0.717, 1.165) is 4.52 Å². The van der Waals surface area contributed by atoms with Crippen LogP contribution in [0.25, 0.3) is 11.7 Å². The second-order valence-corrected chi connectivity index (χ2v) is 5.16. The molecule has 0 aliphatic heterocycles. The molecule has 2 rings (SSSR count). The van der Waals surface area contributed by atoms with Crippen molar-refractivity contribution in [2.24, 2.45) is 5.14 Å². The minimum Gasteiger partial charge on any atom is -0.223 e. The van der Waals surface area contributed by atoms with E-state index in [0.29, 0.717) is 5.69 Å². The van der Waals surface area contributed by atoms with Gasteiger partial charge in [-0.2, -0.15) is 9.61 Å². The minimum atomic E-state index is -4.00. The lowest BCUT2D eigenvalue weighted by molar-refractivity contribution is 0.590. The van der Waals surface area contributed by atoms with E-state index < -0.39 is 10.0 Å². The molecule has 0 bridgehead atoms. The summed E-state index contributed by atoms with van der Waals surface area (Å²) in [6.07, 6.45) is 1.49. The van der Waals surface area contributed by atoms with Gasteiger partial charge in [-0.05, 0) is 18.2 Å². The van der Waals surface area contributed by atoms with Crippen LogP contribution in [0.15, 0.2) is 22.7 Å². The summed E-state index contributed by atoms with van der Waals surface area (Å²) in [5.41, 5.74) is 1.99. The highest BCUT2D eigenvalue weighted by Gasteiger charge is 2.21. The third kappa shape index (κ3) is 2.27. The summed E-state index contributed by atoms with van der Waals surface area (Å²) < 4.78 is 23.8. The molecular weight excluding hydrogens is 287 g/mol. The number of primary sulfonamides is 1. The van der Waals surface area contributed by atoms with E-state index in [4.69, 9.17) is 28.3 Å². The van der Waals surface area contributed by atoms with Crippen LogP contribution in [0.3, 0.4) is 0 Å². The zero-order chi connectivity index (χ0) is 12.6. The van der Waals surface area contributed by atoms with Crippen LogP contribution >= 0.6 is 23.2 Å². The van der Waals surface area contributed by atoms with Gasteiger partial charge in [0, 0.05) is 5.54 Å². The molecule has 2 aromatic heterocycles. The van der Waals surface area contributed by atoms with Gasteiger partial charge in [0.2, 0.25) is 5.03 Å². The summed E-state index contributed by atoms with van der Waals surface area (Å²) in [5, 5.41) is 8.46. The van der Waals surface area contributed by atoms with Gasteiger partial charge >= 0.3 is 0 Å². The smallest absolute Gasteiger partial charge is 0.223 e. The van der Waals surface area contributed by atoms with Gasteiger partial charge in [-0.15, -0.1) is 0 Å². The molecule has 9 heteroatoms. The number of hydrogen-bond acceptors (Lipinski definition) is 4. The van der Waals surface area contributed by atoms with E-state index in [1.165, 1.54) is 11.6 Å². The predicted octanol–water partition coefficient (Wildman–Crippen LogP) is 1.24. The zero-order valence-electron chi connectivity index (χ0n) is 8.21. The fourth-order valence-electron chi connectivity index (χ4n) is 1.29. The zero-order valence-corrected chi connectivity index (χ0v) is 10.5. The Labute approximate surface area is 107 Å². The number of hydrogen-bond donors (Lipinski definition) is 1. The highest BCUT2D eigenvalue weighted by atomic mass is 35.5. The quantitative estimate of drug-likeness (QED) is 0.902. The van der Waals surface area contributed by atoms with Gasteiger partial charge in [-0.3, -0.25) is 0 Å². The normalized spacial score (nSPS) is 12.6. The summed E-state index contributed by atoms with van der Waals surface area (Å²) in [5.74, 6) is 0. The maximum atomic E-state index is 11.3. The average molecular weight is 293 g/mol. The maximum Gasteiger partial charge on any atom is 0.258 e. The monoisotopic (exact) mass is 292 g/mol. The van der Waals surface area contributed by atoms with Crippen molar-refractivity contribution in [2.45, 2.75) is 5.03 Å². The Morgan fingerprint density at radius 1 is 1.41 bits per heavy atom. The molecule has 0 fully saturated rings. The molecule has 0 aromatic carbocycles. The summed E-state index contributed by atoms with van der Waals surface area (Å²) in [6, 6.07) is 3.17. The number of sulfonamides is 1. The van der Waals surface area contributed by atoms with Gasteiger partial charge in [0.1, 0.15) is 0 Å². The first-order chi connectivity index (χ1) is 7.93. The molecule has 0 aliphatic carbocycles. The highest BCUT2D eigenvalue weighted by Crippen LogP contribution is 2.20. The third-order valence-corrected chi connectivity index (χ3v) is 3.33. The van der Waals surface area contributed by atoms with Crippen LogP contribution in [0.1, 0.15) is 5.69 Å². The Morgan fingerprint density at radius 3 is 2.71 bits per heavy atom. The van der Waals surface area contributed by atoms with Crippen LogP contribution in [-0.4, -0.2) is 23.0 Å². The Balaban J connectivity index is 2.83. The number of fused-ring (bicyclic) bond motifs is 1. The van der Waals surface area contributed by atoms with E-state index in [1.807, 2.05) is 0 Å².